The lowest BCUT2D eigenvalue weighted by molar-refractivity contribution is -0.0760. The van der Waals surface area contributed by atoms with Crippen molar-refractivity contribution in [1.29, 1.82) is 5.26 Å². The Morgan fingerprint density at radius 2 is 2.12 bits per heavy atom. The maximum atomic E-state index is 13.6. The summed E-state index contributed by atoms with van der Waals surface area (Å²) in [5, 5.41) is 8.66. The molecule has 0 spiro atoms. The van der Waals surface area contributed by atoms with E-state index in [0.717, 1.165) is 0 Å². The molecule has 0 aliphatic carbocycles. The minimum atomic E-state index is -0.491. The van der Waals surface area contributed by atoms with Gasteiger partial charge in [0.05, 0.1) is 11.2 Å². The average molecular weight is 222 g/mol. The molecule has 16 heavy (non-hydrogen) atoms. The SMILES string of the molecule is CC(C)(C)ONCc1cccc(C#N)c1F. The summed E-state index contributed by atoms with van der Waals surface area (Å²) >= 11 is 0. The van der Waals surface area contributed by atoms with Crippen LogP contribution in [-0.4, -0.2) is 5.60 Å². The number of rotatable bonds is 3. The van der Waals surface area contributed by atoms with Gasteiger partial charge in [0.25, 0.3) is 0 Å². The molecule has 1 aromatic rings. The van der Waals surface area contributed by atoms with Gasteiger partial charge in [-0.05, 0) is 26.8 Å². The third-order valence-corrected chi connectivity index (χ3v) is 1.84. The maximum Gasteiger partial charge on any atom is 0.145 e. The Bertz CT molecular complexity index is 404. The fourth-order valence-electron chi connectivity index (χ4n) is 1.13. The monoisotopic (exact) mass is 222 g/mol. The topological polar surface area (TPSA) is 45.0 Å². The van der Waals surface area contributed by atoms with E-state index in [2.05, 4.69) is 5.48 Å². The van der Waals surface area contributed by atoms with Gasteiger partial charge < -0.3 is 0 Å². The molecule has 0 heterocycles. The molecule has 1 rings (SSSR count). The summed E-state index contributed by atoms with van der Waals surface area (Å²) in [6.07, 6.45) is 0. The second-order valence-corrected chi connectivity index (χ2v) is 4.43. The lowest BCUT2D eigenvalue weighted by atomic mass is 10.1. The van der Waals surface area contributed by atoms with Crippen LogP contribution in [0, 0.1) is 17.1 Å². The molecule has 0 unspecified atom stereocenters. The van der Waals surface area contributed by atoms with E-state index in [-0.39, 0.29) is 17.7 Å². The van der Waals surface area contributed by atoms with Crippen LogP contribution in [0.5, 0.6) is 0 Å². The van der Waals surface area contributed by atoms with Crippen molar-refractivity contribution >= 4 is 0 Å². The van der Waals surface area contributed by atoms with Crippen molar-refractivity contribution in [1.82, 2.24) is 5.48 Å². The second kappa shape index (κ2) is 5.06. The number of nitriles is 1. The largest absolute Gasteiger partial charge is 0.296 e. The Labute approximate surface area is 94.8 Å². The van der Waals surface area contributed by atoms with E-state index in [1.807, 2.05) is 20.8 Å². The van der Waals surface area contributed by atoms with Crippen molar-refractivity contribution in [2.45, 2.75) is 32.9 Å². The average Bonchev–Trinajstić information content (AvgIpc) is 2.19. The van der Waals surface area contributed by atoms with Gasteiger partial charge in [0.15, 0.2) is 0 Å². The van der Waals surface area contributed by atoms with Gasteiger partial charge in [0.2, 0.25) is 0 Å². The van der Waals surface area contributed by atoms with E-state index < -0.39 is 5.82 Å². The third kappa shape index (κ3) is 3.61. The highest BCUT2D eigenvalue weighted by atomic mass is 19.1. The third-order valence-electron chi connectivity index (χ3n) is 1.84. The van der Waals surface area contributed by atoms with Gasteiger partial charge in [-0.1, -0.05) is 12.1 Å². The maximum absolute atomic E-state index is 13.6. The van der Waals surface area contributed by atoms with Crippen molar-refractivity contribution in [2.24, 2.45) is 0 Å². The zero-order valence-corrected chi connectivity index (χ0v) is 9.67. The van der Waals surface area contributed by atoms with Crippen molar-refractivity contribution in [3.63, 3.8) is 0 Å². The van der Waals surface area contributed by atoms with Crippen LogP contribution in [0.25, 0.3) is 0 Å². The van der Waals surface area contributed by atoms with Crippen LogP contribution in [0.15, 0.2) is 18.2 Å². The molecule has 86 valence electrons. The first-order valence-electron chi connectivity index (χ1n) is 5.02. The standard InChI is InChI=1S/C12H15FN2O/c1-12(2,3)16-15-8-10-6-4-5-9(7-14)11(10)13/h4-6,15H,8H2,1-3H3. The molecule has 1 N–H and O–H groups in total. The van der Waals surface area contributed by atoms with Crippen LogP contribution in [0.1, 0.15) is 31.9 Å². The molecule has 0 aromatic heterocycles. The van der Waals surface area contributed by atoms with E-state index in [4.69, 9.17) is 10.1 Å². The summed E-state index contributed by atoms with van der Waals surface area (Å²) in [5.41, 5.74) is 2.83. The first-order chi connectivity index (χ1) is 7.44. The van der Waals surface area contributed by atoms with Gasteiger partial charge in [0.1, 0.15) is 11.9 Å². The minimum Gasteiger partial charge on any atom is -0.296 e. The van der Waals surface area contributed by atoms with Gasteiger partial charge in [-0.25, -0.2) is 4.39 Å². The number of halogens is 1. The fraction of sp³-hybridized carbons (Fsp3) is 0.417. The molecule has 0 bridgehead atoms. The molecule has 0 aliphatic rings. The van der Waals surface area contributed by atoms with Crippen molar-refractivity contribution < 1.29 is 9.23 Å². The van der Waals surface area contributed by atoms with E-state index in [9.17, 15) is 4.39 Å². The summed E-state index contributed by atoms with van der Waals surface area (Å²) in [6.45, 7) is 5.91. The number of nitrogens with one attached hydrogen (secondary N) is 1. The van der Waals surface area contributed by atoms with Crippen LogP contribution in [-0.2, 0) is 11.4 Å². The summed E-state index contributed by atoms with van der Waals surface area (Å²) in [7, 11) is 0. The number of benzene rings is 1. The van der Waals surface area contributed by atoms with Gasteiger partial charge >= 0.3 is 0 Å². The lowest BCUT2D eigenvalue weighted by Crippen LogP contribution is -2.29. The van der Waals surface area contributed by atoms with E-state index in [1.165, 1.54) is 6.07 Å². The number of hydroxylamine groups is 1. The predicted octanol–water partition coefficient (Wildman–Crippen LogP) is 2.52. The minimum absolute atomic E-state index is 0.0510. The Hall–Kier alpha value is -1.44. The normalized spacial score (nSPS) is 11.2. The lowest BCUT2D eigenvalue weighted by Gasteiger charge is -2.19. The van der Waals surface area contributed by atoms with Crippen molar-refractivity contribution in [3.05, 3.63) is 35.1 Å². The summed E-state index contributed by atoms with van der Waals surface area (Å²) in [4.78, 5) is 5.26. The molecule has 0 saturated heterocycles. The Morgan fingerprint density at radius 1 is 1.44 bits per heavy atom. The van der Waals surface area contributed by atoms with Gasteiger partial charge in [-0.15, -0.1) is 0 Å². The van der Waals surface area contributed by atoms with Crippen LogP contribution in [0.3, 0.4) is 0 Å². The fourth-order valence-corrected chi connectivity index (χ4v) is 1.13. The number of hydrogen-bond donors (Lipinski definition) is 1. The van der Waals surface area contributed by atoms with Crippen LogP contribution >= 0.6 is 0 Å². The molecular formula is C12H15FN2O. The van der Waals surface area contributed by atoms with Crippen LogP contribution in [0.4, 0.5) is 4.39 Å². The highest BCUT2D eigenvalue weighted by Gasteiger charge is 2.11. The first kappa shape index (κ1) is 12.6. The second-order valence-electron chi connectivity index (χ2n) is 4.43. The Balaban J connectivity index is 2.65. The van der Waals surface area contributed by atoms with Crippen molar-refractivity contribution in [2.75, 3.05) is 0 Å². The molecule has 0 radical (unpaired) electrons. The molecule has 0 amide bonds. The Morgan fingerprint density at radius 3 is 2.69 bits per heavy atom. The van der Waals surface area contributed by atoms with Crippen LogP contribution in [0.2, 0.25) is 0 Å². The van der Waals surface area contributed by atoms with E-state index >= 15 is 0 Å². The molecule has 1 aromatic carbocycles. The quantitative estimate of drug-likeness (QED) is 0.799. The molecule has 0 fully saturated rings. The number of hydrogen-bond acceptors (Lipinski definition) is 3. The van der Waals surface area contributed by atoms with Gasteiger partial charge in [-0.2, -0.15) is 10.7 Å². The predicted molar refractivity (Wildman–Crippen MR) is 58.8 cm³/mol. The van der Waals surface area contributed by atoms with Crippen molar-refractivity contribution in [3.8, 4) is 6.07 Å². The molecule has 0 atom stereocenters. The summed E-state index contributed by atoms with van der Waals surface area (Å²) in [5.74, 6) is -0.491. The first-order valence-corrected chi connectivity index (χ1v) is 5.02. The molecule has 3 nitrogen and oxygen atoms in total. The molecule has 0 saturated carbocycles. The highest BCUT2D eigenvalue weighted by Crippen LogP contribution is 2.12. The summed E-state index contributed by atoms with van der Waals surface area (Å²) < 4.78 is 13.6. The molecular weight excluding hydrogens is 207 g/mol. The van der Waals surface area contributed by atoms with Crippen LogP contribution < -0.4 is 5.48 Å². The van der Waals surface area contributed by atoms with Gasteiger partial charge in [0, 0.05) is 12.1 Å². The Kier molecular flexibility index (Phi) is 3.99. The zero-order chi connectivity index (χ0) is 12.2. The molecule has 0 aliphatic heterocycles. The van der Waals surface area contributed by atoms with E-state index in [0.29, 0.717) is 5.56 Å². The summed E-state index contributed by atoms with van der Waals surface area (Å²) in [6, 6.07) is 6.52. The number of nitrogens with zero attached hydrogens (tertiary/aromatic N) is 1. The zero-order valence-electron chi connectivity index (χ0n) is 9.67. The van der Waals surface area contributed by atoms with Gasteiger partial charge in [-0.3, -0.25) is 4.84 Å². The smallest absolute Gasteiger partial charge is 0.145 e. The van der Waals surface area contributed by atoms with E-state index in [1.54, 1.807) is 18.2 Å². The molecule has 4 heteroatoms. The highest BCUT2D eigenvalue weighted by molar-refractivity contribution is 5.34.